The van der Waals surface area contributed by atoms with Gasteiger partial charge in [-0.15, -0.1) is 0 Å². The summed E-state index contributed by atoms with van der Waals surface area (Å²) in [5, 5.41) is 22.9. The van der Waals surface area contributed by atoms with Crippen LogP contribution in [0.4, 0.5) is 5.82 Å². The van der Waals surface area contributed by atoms with E-state index in [1.165, 1.54) is 6.34 Å². The fraction of sp³-hybridized carbons (Fsp3) is 0.667. The van der Waals surface area contributed by atoms with E-state index in [1.807, 2.05) is 0 Å². The summed E-state index contributed by atoms with van der Waals surface area (Å²) < 4.78 is 12.6. The van der Waals surface area contributed by atoms with Gasteiger partial charge in [-0.2, -0.15) is 0 Å². The van der Waals surface area contributed by atoms with Crippen LogP contribution in [0.15, 0.2) is 11.3 Å². The maximum atomic E-state index is 9.97. The zero-order chi connectivity index (χ0) is 14.1. The number of aliphatic hydroxyl groups excluding tert-OH is 2. The quantitative estimate of drug-likeness (QED) is 0.701. The largest absolute Gasteiger partial charge is 0.390 e. The highest BCUT2D eigenvalue weighted by Gasteiger charge is 2.36. The van der Waals surface area contributed by atoms with Crippen LogP contribution in [0, 0.1) is 0 Å². The monoisotopic (exact) mass is 282 g/mol. The van der Waals surface area contributed by atoms with Crippen LogP contribution in [0.2, 0.25) is 0 Å². The van der Waals surface area contributed by atoms with Crippen LogP contribution in [-0.4, -0.2) is 58.6 Å². The highest BCUT2D eigenvalue weighted by atomic mass is 16.6. The van der Waals surface area contributed by atoms with Crippen LogP contribution >= 0.6 is 0 Å². The second-order valence-electron chi connectivity index (χ2n) is 4.93. The number of methoxy groups -OCH3 is 1. The second-order valence-corrected chi connectivity index (χ2v) is 4.93. The van der Waals surface area contributed by atoms with E-state index in [0.29, 0.717) is 24.5 Å². The molecule has 2 aliphatic heterocycles. The Morgan fingerprint density at radius 2 is 2.40 bits per heavy atom. The molecule has 0 spiro atoms. The molecule has 3 rings (SSSR count). The molecule has 3 heterocycles. The Bertz CT molecular complexity index is 504. The number of imidazole rings is 1. The van der Waals surface area contributed by atoms with Gasteiger partial charge in [0.1, 0.15) is 29.9 Å². The van der Waals surface area contributed by atoms with Crippen molar-refractivity contribution >= 4 is 12.2 Å². The van der Waals surface area contributed by atoms with E-state index in [4.69, 9.17) is 9.47 Å². The lowest BCUT2D eigenvalue weighted by molar-refractivity contribution is -0.0527. The Kier molecular flexibility index (Phi) is 3.70. The molecular formula is C12H18N4O4. The van der Waals surface area contributed by atoms with Crippen LogP contribution in [0.3, 0.4) is 0 Å². The Hall–Kier alpha value is -1.48. The van der Waals surface area contributed by atoms with Gasteiger partial charge in [0, 0.05) is 13.5 Å². The van der Waals surface area contributed by atoms with Gasteiger partial charge in [-0.3, -0.25) is 9.56 Å². The number of ether oxygens (including phenoxy) is 2. The van der Waals surface area contributed by atoms with Crippen molar-refractivity contribution in [2.24, 2.45) is 4.99 Å². The van der Waals surface area contributed by atoms with Gasteiger partial charge in [-0.25, -0.2) is 4.98 Å². The number of rotatable bonds is 3. The first-order chi connectivity index (χ1) is 9.70. The Morgan fingerprint density at radius 3 is 3.20 bits per heavy atom. The minimum atomic E-state index is -0.737. The number of fused-ring (bicyclic) bond motifs is 1. The summed E-state index contributed by atoms with van der Waals surface area (Å²) in [6.45, 7) is 0.615. The van der Waals surface area contributed by atoms with Crippen LogP contribution in [0.1, 0.15) is 24.4 Å². The molecular weight excluding hydrogens is 264 g/mol. The number of nitrogens with one attached hydrogen (secondary N) is 1. The lowest BCUT2D eigenvalue weighted by Gasteiger charge is -2.17. The summed E-state index contributed by atoms with van der Waals surface area (Å²) in [5.74, 6) is 0.647. The first-order valence-corrected chi connectivity index (χ1v) is 6.52. The first-order valence-electron chi connectivity index (χ1n) is 6.52. The number of hydrogen-bond donors (Lipinski definition) is 3. The van der Waals surface area contributed by atoms with Crippen molar-refractivity contribution in [3.63, 3.8) is 0 Å². The molecule has 20 heavy (non-hydrogen) atoms. The summed E-state index contributed by atoms with van der Waals surface area (Å²) >= 11 is 0. The smallest absolute Gasteiger partial charge is 0.139 e. The van der Waals surface area contributed by atoms with E-state index in [9.17, 15) is 10.2 Å². The number of anilines is 1. The van der Waals surface area contributed by atoms with Gasteiger partial charge in [0.2, 0.25) is 0 Å². The standard InChI is InChI=1S/C12H18N4O4/c1-19-4-9-7(17)2-10(20-9)16-6-15-11-8(18)3-13-5-14-12(11)16/h5-10,17-18H,2-4H2,1H3,(H,13,14)/t7-,8+,9+,10?/m0/s1. The number of aliphatic hydroxyl groups is 2. The van der Waals surface area contributed by atoms with Crippen molar-refractivity contribution in [1.29, 1.82) is 0 Å². The number of aliphatic imine (C=N–C) groups is 1. The fourth-order valence-corrected chi connectivity index (χ4v) is 2.53. The molecule has 0 amide bonds. The normalized spacial score (nSPS) is 32.8. The molecule has 0 aromatic carbocycles. The SMILES string of the molecule is COC[C@H]1OC(n2cnc3c2NC=NC[C@H]3O)C[C@@H]1O. The van der Waals surface area contributed by atoms with Crippen LogP contribution in [-0.2, 0) is 9.47 Å². The third-order valence-electron chi connectivity index (χ3n) is 3.55. The summed E-state index contributed by atoms with van der Waals surface area (Å²) in [4.78, 5) is 8.23. The maximum absolute atomic E-state index is 9.97. The minimum absolute atomic E-state index is 0.275. The van der Waals surface area contributed by atoms with Crippen molar-refractivity contribution in [3.05, 3.63) is 12.0 Å². The Balaban J connectivity index is 1.84. The third kappa shape index (κ3) is 2.31. The maximum Gasteiger partial charge on any atom is 0.139 e. The predicted octanol–water partition coefficient (Wildman–Crippen LogP) is -0.335. The Morgan fingerprint density at radius 1 is 1.55 bits per heavy atom. The van der Waals surface area contributed by atoms with Gasteiger partial charge in [-0.05, 0) is 0 Å². The molecule has 1 aromatic rings. The van der Waals surface area contributed by atoms with Crippen LogP contribution in [0.25, 0.3) is 0 Å². The van der Waals surface area contributed by atoms with Crippen molar-refractivity contribution < 1.29 is 19.7 Å². The van der Waals surface area contributed by atoms with E-state index in [-0.39, 0.29) is 18.9 Å². The number of hydrogen-bond acceptors (Lipinski definition) is 7. The molecule has 8 heteroatoms. The lowest BCUT2D eigenvalue weighted by atomic mass is 10.2. The van der Waals surface area contributed by atoms with Crippen LogP contribution in [0.5, 0.6) is 0 Å². The molecule has 4 atom stereocenters. The van der Waals surface area contributed by atoms with Crippen molar-refractivity contribution in [2.75, 3.05) is 25.6 Å². The van der Waals surface area contributed by atoms with E-state index < -0.39 is 12.2 Å². The average Bonchev–Trinajstić information content (AvgIpc) is 2.94. The van der Waals surface area contributed by atoms with Crippen LogP contribution < -0.4 is 5.32 Å². The highest BCUT2D eigenvalue weighted by molar-refractivity contribution is 5.76. The molecule has 0 saturated carbocycles. The van der Waals surface area contributed by atoms with Gasteiger partial charge in [-0.1, -0.05) is 0 Å². The minimum Gasteiger partial charge on any atom is -0.390 e. The second kappa shape index (κ2) is 5.49. The van der Waals surface area contributed by atoms with E-state index in [0.717, 1.165) is 0 Å². The number of aromatic nitrogens is 2. The molecule has 8 nitrogen and oxygen atoms in total. The summed E-state index contributed by atoms with van der Waals surface area (Å²) in [6, 6.07) is 0. The molecule has 0 radical (unpaired) electrons. The molecule has 110 valence electrons. The number of nitrogens with zero attached hydrogens (tertiary/aromatic N) is 3. The zero-order valence-electron chi connectivity index (χ0n) is 11.1. The molecule has 0 bridgehead atoms. The zero-order valence-corrected chi connectivity index (χ0v) is 11.1. The van der Waals surface area contributed by atoms with E-state index in [1.54, 1.807) is 18.0 Å². The molecule has 3 N–H and O–H groups in total. The molecule has 1 fully saturated rings. The average molecular weight is 282 g/mol. The first kappa shape index (κ1) is 13.5. The molecule has 1 aromatic heterocycles. The van der Waals surface area contributed by atoms with Crippen molar-refractivity contribution in [2.45, 2.75) is 31.0 Å². The predicted molar refractivity (Wildman–Crippen MR) is 70.6 cm³/mol. The molecule has 1 unspecified atom stereocenters. The fourth-order valence-electron chi connectivity index (χ4n) is 2.53. The van der Waals surface area contributed by atoms with E-state index >= 15 is 0 Å². The van der Waals surface area contributed by atoms with Crippen molar-refractivity contribution in [1.82, 2.24) is 9.55 Å². The summed E-state index contributed by atoms with van der Waals surface area (Å²) in [6.07, 6.45) is 1.57. The van der Waals surface area contributed by atoms with Gasteiger partial charge in [0.15, 0.2) is 0 Å². The van der Waals surface area contributed by atoms with Crippen molar-refractivity contribution in [3.8, 4) is 0 Å². The summed E-state index contributed by atoms with van der Waals surface area (Å²) in [5.41, 5.74) is 0.538. The van der Waals surface area contributed by atoms with Gasteiger partial charge < -0.3 is 25.0 Å². The third-order valence-corrected chi connectivity index (χ3v) is 3.55. The topological polar surface area (TPSA) is 101 Å². The highest BCUT2D eigenvalue weighted by Crippen LogP contribution is 2.34. The van der Waals surface area contributed by atoms with Gasteiger partial charge >= 0.3 is 0 Å². The molecule has 2 aliphatic rings. The lowest BCUT2D eigenvalue weighted by Crippen LogP contribution is -2.25. The molecule has 0 aliphatic carbocycles. The van der Waals surface area contributed by atoms with Gasteiger partial charge in [0.25, 0.3) is 0 Å². The Labute approximate surface area is 116 Å². The van der Waals surface area contributed by atoms with E-state index in [2.05, 4.69) is 15.3 Å². The molecule has 1 saturated heterocycles. The summed E-state index contributed by atoms with van der Waals surface area (Å²) in [7, 11) is 1.57. The van der Waals surface area contributed by atoms with Gasteiger partial charge in [0.05, 0.1) is 31.9 Å².